The van der Waals surface area contributed by atoms with Crippen molar-refractivity contribution in [3.05, 3.63) is 47.0 Å². The first-order valence-corrected chi connectivity index (χ1v) is 11.4. The van der Waals surface area contributed by atoms with Gasteiger partial charge in [0.2, 0.25) is 0 Å². The Hall–Kier alpha value is -3.18. The molecule has 0 atom stereocenters. The van der Waals surface area contributed by atoms with E-state index in [-0.39, 0.29) is 42.1 Å². The molecule has 0 aliphatic rings. The number of methoxy groups -OCH3 is 1. The Labute approximate surface area is 207 Å². The Morgan fingerprint density at radius 2 is 1.69 bits per heavy atom. The maximum absolute atomic E-state index is 13.1. The van der Waals surface area contributed by atoms with Crippen LogP contribution in [0.2, 0.25) is 0 Å². The van der Waals surface area contributed by atoms with Gasteiger partial charge in [0.05, 0.1) is 25.4 Å². The predicted molar refractivity (Wildman–Crippen MR) is 126 cm³/mol. The summed E-state index contributed by atoms with van der Waals surface area (Å²) in [4.78, 5) is 13.3. The van der Waals surface area contributed by atoms with Crippen molar-refractivity contribution < 1.29 is 37.3 Å². The first-order chi connectivity index (χ1) is 16.9. The third kappa shape index (κ3) is 6.94. The average Bonchev–Trinajstić information content (AvgIpc) is 3.22. The fraction of sp³-hybridized carbons (Fsp3) is 0.480. The summed E-state index contributed by atoms with van der Waals surface area (Å²) in [6.45, 7) is 7.00. The van der Waals surface area contributed by atoms with E-state index < -0.39 is 23.1 Å². The van der Waals surface area contributed by atoms with Crippen LogP contribution in [0, 0.1) is 0 Å². The van der Waals surface area contributed by atoms with Gasteiger partial charge in [0.15, 0.2) is 0 Å². The van der Waals surface area contributed by atoms with E-state index in [1.54, 1.807) is 19.2 Å². The van der Waals surface area contributed by atoms with Crippen LogP contribution in [0.15, 0.2) is 30.3 Å². The number of alkyl halides is 3. The molecule has 0 saturated carbocycles. The Balaban J connectivity index is 1.82. The van der Waals surface area contributed by atoms with Gasteiger partial charge in [0, 0.05) is 19.1 Å². The Bertz CT molecular complexity index is 1200. The van der Waals surface area contributed by atoms with Gasteiger partial charge in [0.25, 0.3) is 0 Å². The molecule has 1 aromatic heterocycles. The van der Waals surface area contributed by atoms with Crippen molar-refractivity contribution in [3.63, 3.8) is 0 Å². The van der Waals surface area contributed by atoms with Crippen LogP contribution in [0.5, 0.6) is 5.75 Å². The highest BCUT2D eigenvalue weighted by atomic mass is 19.4. The van der Waals surface area contributed by atoms with Crippen molar-refractivity contribution in [2.24, 2.45) is 0 Å². The van der Waals surface area contributed by atoms with Crippen LogP contribution in [0.3, 0.4) is 0 Å². The van der Waals surface area contributed by atoms with Crippen molar-refractivity contribution in [3.8, 4) is 11.4 Å². The minimum Gasteiger partial charge on any atom is -0.505 e. The molecule has 2 aromatic carbocycles. The highest BCUT2D eigenvalue weighted by Gasteiger charge is 2.31. The van der Waals surface area contributed by atoms with Gasteiger partial charge in [-0.25, -0.2) is 0 Å². The molecular formula is C25H30F3N3O5. The van der Waals surface area contributed by atoms with Crippen LogP contribution >= 0.6 is 0 Å². The summed E-state index contributed by atoms with van der Waals surface area (Å²) in [5, 5.41) is 19.4. The number of hydrogen-bond donors (Lipinski definition) is 1. The highest BCUT2D eigenvalue weighted by molar-refractivity contribution is 5.75. The topological polar surface area (TPSA) is 95.7 Å². The van der Waals surface area contributed by atoms with Gasteiger partial charge in [-0.2, -0.15) is 13.2 Å². The van der Waals surface area contributed by atoms with E-state index in [0.29, 0.717) is 25.2 Å². The van der Waals surface area contributed by atoms with Gasteiger partial charge in [-0.3, -0.25) is 4.79 Å². The van der Waals surface area contributed by atoms with Crippen molar-refractivity contribution in [1.82, 2.24) is 15.0 Å². The molecule has 0 aliphatic carbocycles. The normalized spacial score (nSPS) is 12.3. The number of ether oxygens (including phenoxy) is 3. The Morgan fingerprint density at radius 3 is 2.36 bits per heavy atom. The fourth-order valence-electron chi connectivity index (χ4n) is 3.52. The maximum Gasteiger partial charge on any atom is 0.416 e. The molecule has 1 heterocycles. The number of carbonyl (C=O) groups is 1. The summed E-state index contributed by atoms with van der Waals surface area (Å²) in [7, 11) is 1.57. The molecule has 0 spiro atoms. The first kappa shape index (κ1) is 27.4. The summed E-state index contributed by atoms with van der Waals surface area (Å²) in [5.41, 5.74) is 0.514. The zero-order valence-corrected chi connectivity index (χ0v) is 20.7. The monoisotopic (exact) mass is 509 g/mol. The molecule has 11 heteroatoms. The Kier molecular flexibility index (Phi) is 8.57. The number of carbonyl (C=O) groups excluding carboxylic acids is 1. The van der Waals surface area contributed by atoms with Gasteiger partial charge in [-0.1, -0.05) is 26.8 Å². The van der Waals surface area contributed by atoms with E-state index >= 15 is 0 Å². The smallest absolute Gasteiger partial charge is 0.416 e. The number of aromatic nitrogens is 3. The van der Waals surface area contributed by atoms with E-state index in [0.717, 1.165) is 22.5 Å². The number of halogens is 3. The van der Waals surface area contributed by atoms with E-state index in [1.165, 1.54) is 6.07 Å². The van der Waals surface area contributed by atoms with E-state index in [9.17, 15) is 23.1 Å². The number of aromatic hydroxyl groups is 1. The molecule has 1 N–H and O–H groups in total. The van der Waals surface area contributed by atoms with Crippen molar-refractivity contribution in [2.75, 3.05) is 33.5 Å². The number of nitrogens with zero attached hydrogens (tertiary/aromatic N) is 3. The second-order valence-electron chi connectivity index (χ2n) is 9.28. The third-order valence-corrected chi connectivity index (χ3v) is 5.42. The summed E-state index contributed by atoms with van der Waals surface area (Å²) < 4.78 is 54.6. The average molecular weight is 510 g/mol. The number of phenols is 1. The number of aryl methyl sites for hydroxylation is 1. The summed E-state index contributed by atoms with van der Waals surface area (Å²) in [5.74, 6) is -0.488. The van der Waals surface area contributed by atoms with Crippen molar-refractivity contribution >= 4 is 17.0 Å². The lowest BCUT2D eigenvalue weighted by atomic mass is 9.84. The van der Waals surface area contributed by atoms with Crippen LogP contribution in [-0.4, -0.2) is 59.6 Å². The lowest BCUT2D eigenvalue weighted by molar-refractivity contribution is -0.145. The molecule has 0 unspecified atom stereocenters. The lowest BCUT2D eigenvalue weighted by Gasteiger charge is -2.23. The summed E-state index contributed by atoms with van der Waals surface area (Å²) >= 11 is 0. The van der Waals surface area contributed by atoms with E-state index in [2.05, 4.69) is 10.2 Å². The number of rotatable bonds is 10. The number of benzene rings is 2. The van der Waals surface area contributed by atoms with Gasteiger partial charge in [-0.15, -0.1) is 15.0 Å². The standard InChI is InChI=1S/C25H30F3N3O5/c1-24(2,3)18-13-16(5-8-22(32)36-12-11-35-10-9-34-4)14-21(23(18)33)31-29-19-7-6-17(25(26,27)28)15-20(19)30-31/h6-7,13-15,33H,5,8-12H2,1-4H3. The van der Waals surface area contributed by atoms with Crippen LogP contribution in [-0.2, 0) is 37.0 Å². The van der Waals surface area contributed by atoms with Crippen molar-refractivity contribution in [1.29, 1.82) is 0 Å². The third-order valence-electron chi connectivity index (χ3n) is 5.42. The molecule has 0 radical (unpaired) electrons. The molecule has 36 heavy (non-hydrogen) atoms. The predicted octanol–water partition coefficient (Wildman–Crippen LogP) is 4.58. The molecule has 0 amide bonds. The minimum absolute atomic E-state index is 0.0447. The molecule has 0 fully saturated rings. The van der Waals surface area contributed by atoms with Crippen LogP contribution < -0.4 is 0 Å². The van der Waals surface area contributed by atoms with E-state index in [4.69, 9.17) is 14.2 Å². The summed E-state index contributed by atoms with van der Waals surface area (Å²) in [6.07, 6.45) is -4.10. The second-order valence-corrected chi connectivity index (χ2v) is 9.28. The molecule has 3 aromatic rings. The zero-order chi connectivity index (χ0) is 26.5. The van der Waals surface area contributed by atoms with Gasteiger partial charge < -0.3 is 19.3 Å². The number of esters is 1. The second kappa shape index (κ2) is 11.3. The molecule has 0 aliphatic heterocycles. The molecule has 0 saturated heterocycles. The Morgan fingerprint density at radius 1 is 1.00 bits per heavy atom. The number of hydrogen-bond acceptors (Lipinski definition) is 7. The summed E-state index contributed by atoms with van der Waals surface area (Å²) in [6, 6.07) is 6.51. The van der Waals surface area contributed by atoms with Gasteiger partial charge in [0.1, 0.15) is 29.1 Å². The zero-order valence-electron chi connectivity index (χ0n) is 20.7. The molecule has 196 valence electrons. The fourth-order valence-corrected chi connectivity index (χ4v) is 3.52. The first-order valence-electron chi connectivity index (χ1n) is 11.4. The van der Waals surface area contributed by atoms with Crippen LogP contribution in [0.1, 0.15) is 43.9 Å². The maximum atomic E-state index is 13.1. The minimum atomic E-state index is -4.51. The van der Waals surface area contributed by atoms with E-state index in [1.807, 2.05) is 20.8 Å². The van der Waals surface area contributed by atoms with Crippen LogP contribution in [0.25, 0.3) is 16.7 Å². The van der Waals surface area contributed by atoms with Gasteiger partial charge >= 0.3 is 12.1 Å². The molecule has 0 bridgehead atoms. The molecule has 8 nitrogen and oxygen atoms in total. The highest BCUT2D eigenvalue weighted by Crippen LogP contribution is 2.37. The van der Waals surface area contributed by atoms with Gasteiger partial charge in [-0.05, 0) is 41.7 Å². The number of phenolic OH excluding ortho intramolecular Hbond substituents is 1. The largest absolute Gasteiger partial charge is 0.505 e. The van der Waals surface area contributed by atoms with Crippen molar-refractivity contribution in [2.45, 2.75) is 45.2 Å². The number of fused-ring (bicyclic) bond motifs is 1. The lowest BCUT2D eigenvalue weighted by Crippen LogP contribution is -2.15. The van der Waals surface area contributed by atoms with Crippen LogP contribution in [0.4, 0.5) is 13.2 Å². The molecule has 3 rings (SSSR count). The SMILES string of the molecule is COCCOCCOC(=O)CCc1cc(-n2nc3ccc(C(F)(F)F)cc3n2)c(O)c(C(C)(C)C)c1. The molecular weight excluding hydrogens is 479 g/mol. The quantitative estimate of drug-likeness (QED) is 0.316.